The molecule has 1 atom stereocenters. The Morgan fingerprint density at radius 3 is 3.05 bits per heavy atom. The summed E-state index contributed by atoms with van der Waals surface area (Å²) in [6.45, 7) is 3.25. The van der Waals surface area contributed by atoms with E-state index >= 15 is 0 Å². The molecule has 1 aliphatic rings. The SMILES string of the molecule is CC(C(=O)Nc1cc(C2COC2)[nH]n1)c1cn[nH]c1. The molecule has 0 bridgehead atoms. The maximum atomic E-state index is 12.0. The van der Waals surface area contributed by atoms with Crippen molar-refractivity contribution < 1.29 is 9.53 Å². The van der Waals surface area contributed by atoms with E-state index in [1.54, 1.807) is 12.4 Å². The zero-order chi connectivity index (χ0) is 13.2. The van der Waals surface area contributed by atoms with Crippen molar-refractivity contribution in [3.05, 3.63) is 29.7 Å². The minimum absolute atomic E-state index is 0.107. The average molecular weight is 261 g/mol. The van der Waals surface area contributed by atoms with Crippen LogP contribution in [0.25, 0.3) is 0 Å². The average Bonchev–Trinajstić information content (AvgIpc) is 2.97. The van der Waals surface area contributed by atoms with Crippen molar-refractivity contribution in [2.45, 2.75) is 18.8 Å². The van der Waals surface area contributed by atoms with Crippen LogP contribution in [0.15, 0.2) is 18.5 Å². The molecule has 0 saturated carbocycles. The van der Waals surface area contributed by atoms with Crippen LogP contribution in [0.1, 0.15) is 30.0 Å². The van der Waals surface area contributed by atoms with Crippen molar-refractivity contribution in [1.82, 2.24) is 20.4 Å². The Balaban J connectivity index is 1.64. The predicted octanol–water partition coefficient (Wildman–Crippen LogP) is 0.989. The third-order valence-electron chi connectivity index (χ3n) is 3.34. The number of H-pyrrole nitrogens is 2. The molecular weight excluding hydrogens is 246 g/mol. The van der Waals surface area contributed by atoms with Crippen LogP contribution in [0, 0.1) is 0 Å². The Hall–Kier alpha value is -2.15. The molecule has 2 aromatic heterocycles. The first-order valence-electron chi connectivity index (χ1n) is 6.16. The van der Waals surface area contributed by atoms with Crippen molar-refractivity contribution in [2.75, 3.05) is 18.5 Å². The van der Waals surface area contributed by atoms with Crippen LogP contribution in [-0.4, -0.2) is 39.5 Å². The molecule has 0 aromatic carbocycles. The number of ether oxygens (including phenoxy) is 1. The fourth-order valence-corrected chi connectivity index (χ4v) is 1.91. The standard InChI is InChI=1S/C12H15N5O2/c1-7(8-3-13-14-4-8)12(18)15-11-2-10(16-17-11)9-5-19-6-9/h2-4,7,9H,5-6H2,1H3,(H,13,14)(H2,15,16,17,18). The summed E-state index contributed by atoms with van der Waals surface area (Å²) >= 11 is 0. The van der Waals surface area contributed by atoms with Crippen LogP contribution in [0.3, 0.4) is 0 Å². The first kappa shape index (κ1) is 11.9. The zero-order valence-electron chi connectivity index (χ0n) is 10.5. The highest BCUT2D eigenvalue weighted by Gasteiger charge is 2.23. The first-order valence-corrected chi connectivity index (χ1v) is 6.16. The number of hydrogen-bond acceptors (Lipinski definition) is 4. The Morgan fingerprint density at radius 2 is 2.42 bits per heavy atom. The molecular formula is C12H15N5O2. The highest BCUT2D eigenvalue weighted by molar-refractivity contribution is 5.94. The molecule has 1 aliphatic heterocycles. The third-order valence-corrected chi connectivity index (χ3v) is 3.34. The van der Waals surface area contributed by atoms with Crippen molar-refractivity contribution in [3.8, 4) is 0 Å². The van der Waals surface area contributed by atoms with Gasteiger partial charge >= 0.3 is 0 Å². The zero-order valence-corrected chi connectivity index (χ0v) is 10.5. The van der Waals surface area contributed by atoms with Gasteiger partial charge in [-0.05, 0) is 6.92 Å². The van der Waals surface area contributed by atoms with E-state index in [1.165, 1.54) is 0 Å². The smallest absolute Gasteiger partial charge is 0.232 e. The van der Waals surface area contributed by atoms with Crippen LogP contribution in [0.5, 0.6) is 0 Å². The number of carbonyl (C=O) groups is 1. The van der Waals surface area contributed by atoms with Crippen LogP contribution in [0.4, 0.5) is 5.82 Å². The summed E-state index contributed by atoms with van der Waals surface area (Å²) in [5.41, 5.74) is 1.85. The van der Waals surface area contributed by atoms with Gasteiger partial charge in [-0.2, -0.15) is 10.2 Å². The topological polar surface area (TPSA) is 95.7 Å². The van der Waals surface area contributed by atoms with Gasteiger partial charge in [0.05, 0.1) is 25.3 Å². The summed E-state index contributed by atoms with van der Waals surface area (Å²) in [6.07, 6.45) is 3.36. The molecule has 3 N–H and O–H groups in total. The molecule has 0 spiro atoms. The van der Waals surface area contributed by atoms with Gasteiger partial charge in [-0.1, -0.05) is 0 Å². The predicted molar refractivity (Wildman–Crippen MR) is 67.8 cm³/mol. The third kappa shape index (κ3) is 2.37. The summed E-state index contributed by atoms with van der Waals surface area (Å²) in [5, 5.41) is 16.3. The highest BCUT2D eigenvalue weighted by Crippen LogP contribution is 2.24. The minimum Gasteiger partial charge on any atom is -0.380 e. The van der Waals surface area contributed by atoms with Gasteiger partial charge in [0.1, 0.15) is 0 Å². The molecule has 1 unspecified atom stereocenters. The molecule has 1 amide bonds. The number of anilines is 1. The van der Waals surface area contributed by atoms with E-state index in [0.717, 1.165) is 11.3 Å². The molecule has 100 valence electrons. The molecule has 7 heteroatoms. The first-order chi connectivity index (χ1) is 9.24. The van der Waals surface area contributed by atoms with Crippen LogP contribution >= 0.6 is 0 Å². The molecule has 0 radical (unpaired) electrons. The normalized spacial score (nSPS) is 16.9. The molecule has 1 saturated heterocycles. The molecule has 1 fully saturated rings. The molecule has 2 aromatic rings. The fourth-order valence-electron chi connectivity index (χ4n) is 1.91. The summed E-state index contributed by atoms with van der Waals surface area (Å²) in [6, 6.07) is 1.85. The lowest BCUT2D eigenvalue weighted by atomic mass is 10.0. The van der Waals surface area contributed by atoms with E-state index in [2.05, 4.69) is 25.7 Å². The highest BCUT2D eigenvalue weighted by atomic mass is 16.5. The van der Waals surface area contributed by atoms with Gasteiger partial charge in [0.15, 0.2) is 5.82 Å². The molecule has 19 heavy (non-hydrogen) atoms. The second-order valence-corrected chi connectivity index (χ2v) is 4.69. The van der Waals surface area contributed by atoms with E-state index < -0.39 is 0 Å². The maximum absolute atomic E-state index is 12.0. The Kier molecular flexibility index (Phi) is 3.04. The van der Waals surface area contributed by atoms with E-state index in [1.807, 2.05) is 13.0 Å². The monoisotopic (exact) mass is 261 g/mol. The molecule has 0 aliphatic carbocycles. The van der Waals surface area contributed by atoms with Gasteiger partial charge in [0, 0.05) is 29.4 Å². The number of amides is 1. The number of aromatic nitrogens is 4. The summed E-state index contributed by atoms with van der Waals surface area (Å²) in [5.74, 6) is 0.530. The second kappa shape index (κ2) is 4.85. The fraction of sp³-hybridized carbons (Fsp3) is 0.417. The van der Waals surface area contributed by atoms with Crippen LogP contribution < -0.4 is 5.32 Å². The summed E-state index contributed by atoms with van der Waals surface area (Å²) < 4.78 is 5.12. The van der Waals surface area contributed by atoms with Gasteiger partial charge in [-0.15, -0.1) is 0 Å². The lowest BCUT2D eigenvalue weighted by Gasteiger charge is -2.24. The molecule has 3 heterocycles. The Labute approximate surface area is 109 Å². The molecule has 7 nitrogen and oxygen atoms in total. The number of nitrogens with one attached hydrogen (secondary N) is 3. The quantitative estimate of drug-likeness (QED) is 0.764. The van der Waals surface area contributed by atoms with E-state index in [0.29, 0.717) is 24.9 Å². The lowest BCUT2D eigenvalue weighted by Crippen LogP contribution is -2.25. The molecule has 3 rings (SSSR count). The largest absolute Gasteiger partial charge is 0.380 e. The Bertz CT molecular complexity index is 558. The van der Waals surface area contributed by atoms with Gasteiger partial charge in [-0.25, -0.2) is 0 Å². The number of hydrogen-bond donors (Lipinski definition) is 3. The van der Waals surface area contributed by atoms with Gasteiger partial charge in [-0.3, -0.25) is 15.0 Å². The van der Waals surface area contributed by atoms with Gasteiger partial charge in [0.2, 0.25) is 5.91 Å². The lowest BCUT2D eigenvalue weighted by molar-refractivity contribution is -0.117. The van der Waals surface area contributed by atoms with Gasteiger partial charge < -0.3 is 10.1 Å². The number of carbonyl (C=O) groups excluding carboxylic acids is 1. The van der Waals surface area contributed by atoms with Gasteiger partial charge in [0.25, 0.3) is 0 Å². The van der Waals surface area contributed by atoms with E-state index in [9.17, 15) is 4.79 Å². The van der Waals surface area contributed by atoms with Crippen molar-refractivity contribution in [2.24, 2.45) is 0 Å². The second-order valence-electron chi connectivity index (χ2n) is 4.69. The summed E-state index contributed by atoms with van der Waals surface area (Å²) in [7, 11) is 0. The number of aromatic amines is 2. The van der Waals surface area contributed by atoms with E-state index in [-0.39, 0.29) is 11.8 Å². The van der Waals surface area contributed by atoms with Crippen LogP contribution in [-0.2, 0) is 9.53 Å². The van der Waals surface area contributed by atoms with Crippen molar-refractivity contribution >= 4 is 11.7 Å². The van der Waals surface area contributed by atoms with Crippen LogP contribution in [0.2, 0.25) is 0 Å². The number of nitrogens with zero attached hydrogens (tertiary/aromatic N) is 2. The number of rotatable bonds is 4. The minimum atomic E-state index is -0.272. The van der Waals surface area contributed by atoms with Crippen molar-refractivity contribution in [1.29, 1.82) is 0 Å². The summed E-state index contributed by atoms with van der Waals surface area (Å²) in [4.78, 5) is 12.0. The Morgan fingerprint density at radius 1 is 1.58 bits per heavy atom. The maximum Gasteiger partial charge on any atom is 0.232 e. The van der Waals surface area contributed by atoms with Crippen molar-refractivity contribution in [3.63, 3.8) is 0 Å². The van der Waals surface area contributed by atoms with E-state index in [4.69, 9.17) is 4.74 Å².